The molecule has 0 heterocycles. The van der Waals surface area contributed by atoms with Crippen LogP contribution in [-0.2, 0) is 9.59 Å². The topological polar surface area (TPSA) is 74.6 Å². The van der Waals surface area contributed by atoms with Gasteiger partial charge in [-0.05, 0) is 31.1 Å². The van der Waals surface area contributed by atoms with E-state index in [9.17, 15) is 14.7 Å². The van der Waals surface area contributed by atoms with Crippen LogP contribution in [0.25, 0.3) is 0 Å². The van der Waals surface area contributed by atoms with Crippen molar-refractivity contribution < 1.29 is 19.8 Å². The van der Waals surface area contributed by atoms with E-state index in [1.807, 2.05) is 0 Å². The monoisotopic (exact) mass is 226 g/mol. The standard InChI is InChI=1S/C12H18O4/c1-7-3-2-4-8(5-7)12(11(15)16)6-9(12)10(13)14/h7-9H,2-6H2,1H3,(H,13,14)(H,15,16). The molecule has 4 heteroatoms. The number of rotatable bonds is 3. The van der Waals surface area contributed by atoms with Gasteiger partial charge in [0, 0.05) is 0 Å². The molecule has 2 rings (SSSR count). The third-order valence-electron chi connectivity index (χ3n) is 4.36. The zero-order valence-corrected chi connectivity index (χ0v) is 9.48. The largest absolute Gasteiger partial charge is 0.481 e. The van der Waals surface area contributed by atoms with Crippen molar-refractivity contribution in [1.29, 1.82) is 0 Å². The van der Waals surface area contributed by atoms with Crippen molar-refractivity contribution in [3.63, 3.8) is 0 Å². The fraction of sp³-hybridized carbons (Fsp3) is 0.833. The average Bonchev–Trinajstić information content (AvgIpc) is 2.93. The summed E-state index contributed by atoms with van der Waals surface area (Å²) in [5.41, 5.74) is -0.944. The molecule has 0 amide bonds. The molecule has 2 N–H and O–H groups in total. The molecule has 0 bridgehead atoms. The lowest BCUT2D eigenvalue weighted by molar-refractivity contribution is -0.152. The summed E-state index contributed by atoms with van der Waals surface area (Å²) >= 11 is 0. The summed E-state index contributed by atoms with van der Waals surface area (Å²) in [5, 5.41) is 18.3. The van der Waals surface area contributed by atoms with Crippen molar-refractivity contribution in [3.05, 3.63) is 0 Å². The van der Waals surface area contributed by atoms with Gasteiger partial charge in [-0.1, -0.05) is 19.8 Å². The molecule has 2 aliphatic carbocycles. The van der Waals surface area contributed by atoms with Crippen LogP contribution in [0.3, 0.4) is 0 Å². The number of hydrogen-bond acceptors (Lipinski definition) is 2. The van der Waals surface area contributed by atoms with Gasteiger partial charge in [0.2, 0.25) is 0 Å². The number of carbonyl (C=O) groups is 2. The number of carboxylic acids is 2. The molecule has 0 spiro atoms. The van der Waals surface area contributed by atoms with E-state index in [1.165, 1.54) is 0 Å². The molecule has 0 aromatic rings. The Morgan fingerprint density at radius 2 is 1.94 bits per heavy atom. The summed E-state index contributed by atoms with van der Waals surface area (Å²) in [4.78, 5) is 22.3. The fourth-order valence-corrected chi connectivity index (χ4v) is 3.35. The van der Waals surface area contributed by atoms with Gasteiger partial charge in [-0.3, -0.25) is 9.59 Å². The molecule has 0 aliphatic heterocycles. The van der Waals surface area contributed by atoms with Crippen molar-refractivity contribution in [2.24, 2.45) is 23.2 Å². The van der Waals surface area contributed by atoms with Crippen molar-refractivity contribution in [2.75, 3.05) is 0 Å². The maximum atomic E-state index is 11.3. The highest BCUT2D eigenvalue weighted by atomic mass is 16.4. The second kappa shape index (κ2) is 3.75. The third kappa shape index (κ3) is 1.60. The van der Waals surface area contributed by atoms with Crippen molar-refractivity contribution in [2.45, 2.75) is 39.0 Å². The lowest BCUT2D eigenvalue weighted by Gasteiger charge is -2.31. The molecule has 0 radical (unpaired) electrons. The van der Waals surface area contributed by atoms with Crippen LogP contribution in [0.4, 0.5) is 0 Å². The normalized spacial score (nSPS) is 42.7. The molecule has 16 heavy (non-hydrogen) atoms. The van der Waals surface area contributed by atoms with Gasteiger partial charge < -0.3 is 10.2 Å². The molecule has 0 aromatic heterocycles. The molecular formula is C12H18O4. The second-order valence-electron chi connectivity index (χ2n) is 5.41. The van der Waals surface area contributed by atoms with E-state index in [0.29, 0.717) is 12.3 Å². The Labute approximate surface area is 94.7 Å². The lowest BCUT2D eigenvalue weighted by Crippen LogP contribution is -2.32. The zero-order chi connectivity index (χ0) is 11.9. The van der Waals surface area contributed by atoms with Gasteiger partial charge in [-0.15, -0.1) is 0 Å². The van der Waals surface area contributed by atoms with Gasteiger partial charge in [-0.25, -0.2) is 0 Å². The predicted molar refractivity (Wildman–Crippen MR) is 56.9 cm³/mol. The SMILES string of the molecule is CC1CCCC(C2(C(=O)O)CC2C(=O)O)C1. The first-order chi connectivity index (χ1) is 7.48. The van der Waals surface area contributed by atoms with Crippen LogP contribution in [-0.4, -0.2) is 22.2 Å². The summed E-state index contributed by atoms with van der Waals surface area (Å²) in [6, 6.07) is 0. The Morgan fingerprint density at radius 1 is 1.25 bits per heavy atom. The average molecular weight is 226 g/mol. The van der Waals surface area contributed by atoms with Crippen LogP contribution in [0.1, 0.15) is 39.0 Å². The number of carboxylic acid groups (broad SMARTS) is 2. The first kappa shape index (κ1) is 11.4. The first-order valence-electron chi connectivity index (χ1n) is 5.94. The second-order valence-corrected chi connectivity index (χ2v) is 5.41. The van der Waals surface area contributed by atoms with E-state index in [4.69, 9.17) is 5.11 Å². The zero-order valence-electron chi connectivity index (χ0n) is 9.48. The van der Waals surface area contributed by atoms with E-state index >= 15 is 0 Å². The molecule has 2 saturated carbocycles. The van der Waals surface area contributed by atoms with E-state index in [2.05, 4.69) is 6.92 Å². The lowest BCUT2D eigenvalue weighted by atomic mass is 9.73. The van der Waals surface area contributed by atoms with Crippen LogP contribution in [0.2, 0.25) is 0 Å². The summed E-state index contributed by atoms with van der Waals surface area (Å²) in [5.74, 6) is -1.90. The summed E-state index contributed by atoms with van der Waals surface area (Å²) in [6.45, 7) is 2.12. The Balaban J connectivity index is 2.16. The Hall–Kier alpha value is -1.06. The molecule has 0 saturated heterocycles. The molecule has 0 aromatic carbocycles. The van der Waals surface area contributed by atoms with E-state index in [1.54, 1.807) is 0 Å². The van der Waals surface area contributed by atoms with E-state index in [0.717, 1.165) is 25.7 Å². The van der Waals surface area contributed by atoms with Gasteiger partial charge in [0.15, 0.2) is 0 Å². The van der Waals surface area contributed by atoms with Crippen molar-refractivity contribution in [3.8, 4) is 0 Å². The molecule has 2 fully saturated rings. The highest BCUT2D eigenvalue weighted by molar-refractivity contribution is 5.89. The fourth-order valence-electron chi connectivity index (χ4n) is 3.35. The maximum absolute atomic E-state index is 11.3. The van der Waals surface area contributed by atoms with Crippen molar-refractivity contribution >= 4 is 11.9 Å². The summed E-state index contributed by atoms with van der Waals surface area (Å²) < 4.78 is 0. The van der Waals surface area contributed by atoms with Gasteiger partial charge in [-0.2, -0.15) is 0 Å². The highest BCUT2D eigenvalue weighted by Gasteiger charge is 2.68. The molecule has 90 valence electrons. The third-order valence-corrected chi connectivity index (χ3v) is 4.36. The molecule has 4 nitrogen and oxygen atoms in total. The molecular weight excluding hydrogens is 208 g/mol. The van der Waals surface area contributed by atoms with Crippen LogP contribution in [0.15, 0.2) is 0 Å². The molecule has 4 atom stereocenters. The van der Waals surface area contributed by atoms with E-state index < -0.39 is 23.3 Å². The quantitative estimate of drug-likeness (QED) is 0.771. The minimum atomic E-state index is -0.944. The number of hydrogen-bond donors (Lipinski definition) is 2. The number of aliphatic carboxylic acids is 2. The molecule has 2 aliphatic rings. The van der Waals surface area contributed by atoms with Crippen molar-refractivity contribution in [1.82, 2.24) is 0 Å². The van der Waals surface area contributed by atoms with Gasteiger partial charge in [0.25, 0.3) is 0 Å². The summed E-state index contributed by atoms with van der Waals surface area (Å²) in [6.07, 6.45) is 4.25. The highest BCUT2D eigenvalue weighted by Crippen LogP contribution is 2.61. The smallest absolute Gasteiger partial charge is 0.310 e. The minimum Gasteiger partial charge on any atom is -0.481 e. The maximum Gasteiger partial charge on any atom is 0.310 e. The predicted octanol–water partition coefficient (Wildman–Crippen LogP) is 1.99. The summed E-state index contributed by atoms with van der Waals surface area (Å²) in [7, 11) is 0. The van der Waals surface area contributed by atoms with Crippen LogP contribution >= 0.6 is 0 Å². The van der Waals surface area contributed by atoms with Crippen LogP contribution in [0, 0.1) is 23.2 Å². The minimum absolute atomic E-state index is 0.0647. The van der Waals surface area contributed by atoms with Crippen LogP contribution < -0.4 is 0 Å². The van der Waals surface area contributed by atoms with Gasteiger partial charge >= 0.3 is 11.9 Å². The Kier molecular flexibility index (Phi) is 2.68. The molecule has 4 unspecified atom stereocenters. The Bertz CT molecular complexity index is 325. The van der Waals surface area contributed by atoms with Crippen LogP contribution in [0.5, 0.6) is 0 Å². The van der Waals surface area contributed by atoms with Gasteiger partial charge in [0.05, 0.1) is 11.3 Å². The van der Waals surface area contributed by atoms with Gasteiger partial charge in [0.1, 0.15) is 0 Å². The Morgan fingerprint density at radius 3 is 2.38 bits per heavy atom. The first-order valence-corrected chi connectivity index (χ1v) is 5.94. The van der Waals surface area contributed by atoms with E-state index in [-0.39, 0.29) is 5.92 Å².